The largest absolute Gasteiger partial charge is 0.494 e. The first-order valence-corrected chi connectivity index (χ1v) is 5.62. The van der Waals surface area contributed by atoms with Crippen molar-refractivity contribution in [3.05, 3.63) is 34.0 Å². The average Bonchev–Trinajstić information content (AvgIpc) is 2.87. The van der Waals surface area contributed by atoms with Crippen LogP contribution in [0.4, 0.5) is 11.5 Å². The molecule has 110 valence electrons. The molecule has 2 rings (SSSR count). The predicted octanol–water partition coefficient (Wildman–Crippen LogP) is 0.553. The van der Waals surface area contributed by atoms with Crippen molar-refractivity contribution in [3.8, 4) is 11.4 Å². The normalized spacial score (nSPS) is 10.2. The van der Waals surface area contributed by atoms with Crippen molar-refractivity contribution in [2.24, 2.45) is 0 Å². The van der Waals surface area contributed by atoms with Crippen molar-refractivity contribution < 1.29 is 19.2 Å². The number of aromatic nitrogens is 3. The summed E-state index contributed by atoms with van der Waals surface area (Å²) in [6.45, 7) is 0. The zero-order valence-corrected chi connectivity index (χ0v) is 11.1. The standard InChI is InChI=1S/C11H11N5O5/c1-20-8-4-3-6(16(18)19)5-7(8)15-10(12)9(13-14-15)11(17)21-2/h3-5H,12H2,1-2H3. The van der Waals surface area contributed by atoms with Gasteiger partial charge in [-0.05, 0) is 6.07 Å². The van der Waals surface area contributed by atoms with Crippen molar-refractivity contribution in [2.45, 2.75) is 0 Å². The van der Waals surface area contributed by atoms with Gasteiger partial charge in [0.1, 0.15) is 11.4 Å². The second-order valence-electron chi connectivity index (χ2n) is 3.84. The molecule has 1 heterocycles. The molecule has 0 spiro atoms. The Morgan fingerprint density at radius 3 is 2.71 bits per heavy atom. The van der Waals surface area contributed by atoms with Gasteiger partial charge >= 0.3 is 5.97 Å². The van der Waals surface area contributed by atoms with E-state index in [1.807, 2.05) is 0 Å². The molecule has 0 saturated carbocycles. The molecule has 0 radical (unpaired) electrons. The average molecular weight is 293 g/mol. The molecule has 0 unspecified atom stereocenters. The molecule has 0 fully saturated rings. The molecule has 10 heteroatoms. The quantitative estimate of drug-likeness (QED) is 0.490. The van der Waals surface area contributed by atoms with E-state index in [0.717, 1.165) is 4.68 Å². The van der Waals surface area contributed by atoms with E-state index in [0.29, 0.717) is 0 Å². The van der Waals surface area contributed by atoms with Crippen molar-refractivity contribution in [3.63, 3.8) is 0 Å². The van der Waals surface area contributed by atoms with Gasteiger partial charge in [-0.25, -0.2) is 4.79 Å². The summed E-state index contributed by atoms with van der Waals surface area (Å²) in [4.78, 5) is 21.7. The van der Waals surface area contributed by atoms with Crippen LogP contribution in [-0.2, 0) is 4.74 Å². The fourth-order valence-electron chi connectivity index (χ4n) is 1.67. The lowest BCUT2D eigenvalue weighted by molar-refractivity contribution is -0.384. The van der Waals surface area contributed by atoms with Crippen LogP contribution in [-0.4, -0.2) is 40.1 Å². The number of nitrogens with two attached hydrogens (primary N) is 1. The van der Waals surface area contributed by atoms with Crippen LogP contribution in [0.25, 0.3) is 5.69 Å². The summed E-state index contributed by atoms with van der Waals surface area (Å²) in [5, 5.41) is 18.1. The third kappa shape index (κ3) is 2.45. The fourth-order valence-corrected chi connectivity index (χ4v) is 1.67. The van der Waals surface area contributed by atoms with Crippen LogP contribution in [0.3, 0.4) is 0 Å². The Kier molecular flexibility index (Phi) is 3.69. The van der Waals surface area contributed by atoms with Crippen LogP contribution >= 0.6 is 0 Å². The van der Waals surface area contributed by atoms with Crippen molar-refractivity contribution >= 4 is 17.5 Å². The number of non-ortho nitro benzene ring substituents is 1. The Hall–Kier alpha value is -3.17. The van der Waals surface area contributed by atoms with Gasteiger partial charge in [0.15, 0.2) is 5.82 Å². The van der Waals surface area contributed by atoms with E-state index >= 15 is 0 Å². The number of nitrogen functional groups attached to an aromatic ring is 1. The number of nitro benzene ring substituents is 1. The van der Waals surface area contributed by atoms with Crippen LogP contribution in [0.5, 0.6) is 5.75 Å². The van der Waals surface area contributed by atoms with E-state index in [2.05, 4.69) is 15.0 Å². The van der Waals surface area contributed by atoms with Crippen molar-refractivity contribution in [1.29, 1.82) is 0 Å². The first-order chi connectivity index (χ1) is 9.99. The minimum Gasteiger partial charge on any atom is -0.494 e. The van der Waals surface area contributed by atoms with Gasteiger partial charge < -0.3 is 15.2 Å². The summed E-state index contributed by atoms with van der Waals surface area (Å²) < 4.78 is 10.7. The fraction of sp³-hybridized carbons (Fsp3) is 0.182. The Morgan fingerprint density at radius 2 is 2.14 bits per heavy atom. The molecule has 0 aliphatic rings. The molecule has 0 saturated heterocycles. The number of rotatable bonds is 4. The summed E-state index contributed by atoms with van der Waals surface area (Å²) in [5.74, 6) is -0.586. The number of carbonyl (C=O) groups excluding carboxylic acids is 1. The van der Waals surface area contributed by atoms with E-state index in [9.17, 15) is 14.9 Å². The highest BCUT2D eigenvalue weighted by molar-refractivity contribution is 5.92. The second-order valence-corrected chi connectivity index (χ2v) is 3.84. The Labute approximate surface area is 118 Å². The summed E-state index contributed by atoms with van der Waals surface area (Å²) >= 11 is 0. The first-order valence-electron chi connectivity index (χ1n) is 5.62. The van der Waals surface area contributed by atoms with Gasteiger partial charge in [0.25, 0.3) is 5.69 Å². The summed E-state index contributed by atoms with van der Waals surface area (Å²) in [5.41, 5.74) is 5.59. The van der Waals surface area contributed by atoms with Gasteiger partial charge in [-0.15, -0.1) is 5.10 Å². The highest BCUT2D eigenvalue weighted by atomic mass is 16.6. The number of hydrogen-bond acceptors (Lipinski definition) is 8. The Balaban J connectivity index is 2.60. The van der Waals surface area contributed by atoms with Crippen LogP contribution in [0.1, 0.15) is 10.5 Å². The number of esters is 1. The van der Waals surface area contributed by atoms with Crippen LogP contribution in [0, 0.1) is 10.1 Å². The van der Waals surface area contributed by atoms with E-state index in [-0.39, 0.29) is 28.6 Å². The third-order valence-corrected chi connectivity index (χ3v) is 2.69. The van der Waals surface area contributed by atoms with Gasteiger partial charge in [0, 0.05) is 12.1 Å². The molecule has 0 amide bonds. The lowest BCUT2D eigenvalue weighted by Gasteiger charge is -2.08. The maximum absolute atomic E-state index is 11.5. The molecule has 2 N–H and O–H groups in total. The lowest BCUT2D eigenvalue weighted by Crippen LogP contribution is -2.08. The van der Waals surface area contributed by atoms with Gasteiger partial charge in [-0.3, -0.25) is 10.1 Å². The first kappa shape index (κ1) is 14.2. The maximum Gasteiger partial charge on any atom is 0.362 e. The molecule has 2 aromatic rings. The molecule has 0 aliphatic carbocycles. The van der Waals surface area contributed by atoms with Crippen molar-refractivity contribution in [1.82, 2.24) is 15.0 Å². The smallest absolute Gasteiger partial charge is 0.362 e. The number of carbonyl (C=O) groups is 1. The minimum absolute atomic E-state index is 0.111. The molecular formula is C11H11N5O5. The maximum atomic E-state index is 11.5. The molecule has 1 aromatic carbocycles. The number of anilines is 1. The molecule has 21 heavy (non-hydrogen) atoms. The molecular weight excluding hydrogens is 282 g/mol. The summed E-state index contributed by atoms with van der Waals surface area (Å²) in [6, 6.07) is 3.88. The lowest BCUT2D eigenvalue weighted by atomic mass is 10.2. The highest BCUT2D eigenvalue weighted by Crippen LogP contribution is 2.29. The molecule has 0 aliphatic heterocycles. The summed E-state index contributed by atoms with van der Waals surface area (Å²) in [7, 11) is 2.56. The molecule has 0 atom stereocenters. The summed E-state index contributed by atoms with van der Waals surface area (Å²) in [6.07, 6.45) is 0. The molecule has 1 aromatic heterocycles. The SMILES string of the molecule is COC(=O)c1nnn(-c2cc([N+](=O)[O-])ccc2OC)c1N. The van der Waals surface area contributed by atoms with Gasteiger partial charge in [0.2, 0.25) is 5.69 Å². The van der Waals surface area contributed by atoms with E-state index in [1.165, 1.54) is 32.4 Å². The number of ether oxygens (including phenoxy) is 2. The van der Waals surface area contributed by atoms with Gasteiger partial charge in [-0.2, -0.15) is 4.68 Å². The molecule has 0 bridgehead atoms. The third-order valence-electron chi connectivity index (χ3n) is 2.69. The number of benzene rings is 1. The number of methoxy groups -OCH3 is 2. The van der Waals surface area contributed by atoms with Crippen LogP contribution in [0.15, 0.2) is 18.2 Å². The highest BCUT2D eigenvalue weighted by Gasteiger charge is 2.22. The monoisotopic (exact) mass is 293 g/mol. The van der Waals surface area contributed by atoms with E-state index < -0.39 is 10.9 Å². The van der Waals surface area contributed by atoms with E-state index in [1.54, 1.807) is 0 Å². The second kappa shape index (κ2) is 5.45. The predicted molar refractivity (Wildman–Crippen MR) is 70.3 cm³/mol. The number of hydrogen-bond donors (Lipinski definition) is 1. The zero-order chi connectivity index (χ0) is 15.6. The topological polar surface area (TPSA) is 135 Å². The number of nitrogens with zero attached hydrogens (tertiary/aromatic N) is 4. The van der Waals surface area contributed by atoms with Gasteiger partial charge in [-0.1, -0.05) is 5.21 Å². The van der Waals surface area contributed by atoms with Gasteiger partial charge in [0.05, 0.1) is 19.1 Å². The minimum atomic E-state index is -0.761. The molecule has 10 nitrogen and oxygen atoms in total. The Morgan fingerprint density at radius 1 is 1.43 bits per heavy atom. The van der Waals surface area contributed by atoms with Crippen LogP contribution < -0.4 is 10.5 Å². The zero-order valence-electron chi connectivity index (χ0n) is 11.1. The van der Waals surface area contributed by atoms with Crippen LogP contribution in [0.2, 0.25) is 0 Å². The van der Waals surface area contributed by atoms with Crippen molar-refractivity contribution in [2.75, 3.05) is 20.0 Å². The Bertz CT molecular complexity index is 711. The number of nitro groups is 1. The van der Waals surface area contributed by atoms with E-state index in [4.69, 9.17) is 10.5 Å².